The van der Waals surface area contributed by atoms with Gasteiger partial charge in [0.2, 0.25) is 0 Å². The summed E-state index contributed by atoms with van der Waals surface area (Å²) in [5.74, 6) is 1.01. The third-order valence-corrected chi connectivity index (χ3v) is 3.27. The number of hydrogen-bond donors (Lipinski definition) is 1. The molecule has 1 heterocycles. The lowest BCUT2D eigenvalue weighted by Gasteiger charge is -2.06. The molecule has 5 heteroatoms. The van der Waals surface area contributed by atoms with Crippen LogP contribution in [0.3, 0.4) is 0 Å². The molecule has 0 radical (unpaired) electrons. The molecule has 0 aliphatic rings. The number of benzene rings is 2. The molecule has 4 nitrogen and oxygen atoms in total. The summed E-state index contributed by atoms with van der Waals surface area (Å²) in [5, 5.41) is 0. The van der Waals surface area contributed by atoms with E-state index in [1.165, 1.54) is 0 Å². The number of ether oxygens (including phenoxy) is 1. The van der Waals surface area contributed by atoms with Gasteiger partial charge in [-0.15, -0.1) is 0 Å². The van der Waals surface area contributed by atoms with Crippen LogP contribution in [0.25, 0.3) is 11.1 Å². The molecule has 2 N–H and O–H groups in total. The van der Waals surface area contributed by atoms with Crippen molar-refractivity contribution in [1.82, 2.24) is 9.97 Å². The van der Waals surface area contributed by atoms with E-state index in [0.717, 1.165) is 11.1 Å². The van der Waals surface area contributed by atoms with E-state index in [4.69, 9.17) is 10.5 Å². The molecule has 0 saturated heterocycles. The molecule has 1 aromatic heterocycles. The first-order valence-corrected chi connectivity index (χ1v) is 7.13. The molecule has 0 spiro atoms. The Labute approximate surface area is 130 Å². The molecule has 0 aliphatic heterocycles. The lowest BCUT2D eigenvalue weighted by atomic mass is 10.1. The van der Waals surface area contributed by atoms with Crippen molar-refractivity contribution in [2.45, 2.75) is 0 Å². The molecule has 21 heavy (non-hydrogen) atoms. The fraction of sp³-hybridized carbons (Fsp3) is 0. The van der Waals surface area contributed by atoms with E-state index in [9.17, 15) is 0 Å². The minimum atomic E-state index is 0.217. The maximum atomic E-state index is 5.65. The highest BCUT2D eigenvalue weighted by atomic mass is 79.9. The van der Waals surface area contributed by atoms with E-state index in [1.807, 2.05) is 42.5 Å². The Morgan fingerprint density at radius 1 is 0.857 bits per heavy atom. The van der Waals surface area contributed by atoms with Crippen molar-refractivity contribution in [2.24, 2.45) is 0 Å². The summed E-state index contributed by atoms with van der Waals surface area (Å²) >= 11 is 3.26. The van der Waals surface area contributed by atoms with Crippen molar-refractivity contribution in [3.05, 3.63) is 65.3 Å². The summed E-state index contributed by atoms with van der Waals surface area (Å²) in [5.41, 5.74) is 7.93. The second-order valence-corrected chi connectivity index (χ2v) is 5.20. The maximum absolute atomic E-state index is 5.65. The molecule has 2 aromatic carbocycles. The number of nitrogen functional groups attached to an aromatic ring is 1. The van der Waals surface area contributed by atoms with Crippen molar-refractivity contribution in [3.8, 4) is 22.9 Å². The summed E-state index contributed by atoms with van der Waals surface area (Å²) in [7, 11) is 0. The van der Waals surface area contributed by atoms with Gasteiger partial charge in [0, 0.05) is 6.07 Å². The van der Waals surface area contributed by atoms with Crippen LogP contribution in [-0.2, 0) is 0 Å². The Morgan fingerprint density at radius 3 is 2.19 bits per heavy atom. The van der Waals surface area contributed by atoms with Gasteiger partial charge in [-0.05, 0) is 39.2 Å². The van der Waals surface area contributed by atoms with Crippen molar-refractivity contribution in [3.63, 3.8) is 0 Å². The first-order chi connectivity index (χ1) is 10.2. The van der Waals surface area contributed by atoms with Gasteiger partial charge in [0.25, 0.3) is 0 Å². The van der Waals surface area contributed by atoms with Crippen molar-refractivity contribution < 1.29 is 4.74 Å². The van der Waals surface area contributed by atoms with Gasteiger partial charge in [0.1, 0.15) is 16.2 Å². The smallest absolute Gasteiger partial charge is 0.325 e. The van der Waals surface area contributed by atoms with Crippen molar-refractivity contribution in [2.75, 3.05) is 5.73 Å². The van der Waals surface area contributed by atoms with E-state index in [0.29, 0.717) is 16.2 Å². The van der Waals surface area contributed by atoms with Crippen LogP contribution in [0.4, 0.5) is 5.82 Å². The number of anilines is 1. The van der Waals surface area contributed by atoms with Crippen LogP contribution in [0.1, 0.15) is 0 Å². The molecule has 0 bridgehead atoms. The highest BCUT2D eigenvalue weighted by Gasteiger charge is 2.04. The second-order valence-electron chi connectivity index (χ2n) is 4.39. The van der Waals surface area contributed by atoms with Gasteiger partial charge >= 0.3 is 6.01 Å². The summed E-state index contributed by atoms with van der Waals surface area (Å²) in [6.07, 6.45) is 0. The number of nitrogens with zero attached hydrogens (tertiary/aromatic N) is 2. The van der Waals surface area contributed by atoms with Gasteiger partial charge in [-0.2, -0.15) is 9.97 Å². The van der Waals surface area contributed by atoms with Crippen LogP contribution in [0.15, 0.2) is 65.3 Å². The number of hydrogen-bond acceptors (Lipinski definition) is 4. The highest BCUT2D eigenvalue weighted by molar-refractivity contribution is 9.10. The molecule has 0 fully saturated rings. The molecule has 0 amide bonds. The second kappa shape index (κ2) is 5.93. The minimum absolute atomic E-state index is 0.217. The average Bonchev–Trinajstić information content (AvgIpc) is 2.48. The zero-order chi connectivity index (χ0) is 14.7. The topological polar surface area (TPSA) is 61.0 Å². The summed E-state index contributed by atoms with van der Waals surface area (Å²) in [4.78, 5) is 8.14. The van der Waals surface area contributed by atoms with E-state index in [1.54, 1.807) is 6.07 Å². The van der Waals surface area contributed by atoms with E-state index >= 15 is 0 Å². The molecule has 104 valence electrons. The highest BCUT2D eigenvalue weighted by Crippen LogP contribution is 2.25. The predicted molar refractivity (Wildman–Crippen MR) is 86.1 cm³/mol. The van der Waals surface area contributed by atoms with Crippen LogP contribution >= 0.6 is 15.9 Å². The molecule has 0 aliphatic carbocycles. The Balaban J connectivity index is 1.81. The van der Waals surface area contributed by atoms with Gasteiger partial charge < -0.3 is 10.5 Å². The van der Waals surface area contributed by atoms with E-state index in [-0.39, 0.29) is 6.01 Å². The van der Waals surface area contributed by atoms with Crippen LogP contribution in [0.2, 0.25) is 0 Å². The van der Waals surface area contributed by atoms with Crippen LogP contribution < -0.4 is 10.5 Å². The van der Waals surface area contributed by atoms with Crippen LogP contribution in [0, 0.1) is 0 Å². The molecule has 0 atom stereocenters. The predicted octanol–water partition coefficient (Wildman–Crippen LogP) is 4.28. The van der Waals surface area contributed by atoms with E-state index < -0.39 is 0 Å². The third-order valence-electron chi connectivity index (χ3n) is 2.86. The fourth-order valence-corrected chi connectivity index (χ4v) is 2.30. The maximum Gasteiger partial charge on any atom is 0.325 e. The van der Waals surface area contributed by atoms with Gasteiger partial charge in [0.15, 0.2) is 0 Å². The van der Waals surface area contributed by atoms with Crippen molar-refractivity contribution >= 4 is 21.7 Å². The van der Waals surface area contributed by atoms with Crippen LogP contribution in [0.5, 0.6) is 11.8 Å². The zero-order valence-corrected chi connectivity index (χ0v) is 12.6. The van der Waals surface area contributed by atoms with Gasteiger partial charge in [0.05, 0.1) is 0 Å². The Hall–Kier alpha value is -2.40. The molecular weight excluding hydrogens is 330 g/mol. The van der Waals surface area contributed by atoms with Crippen molar-refractivity contribution in [1.29, 1.82) is 0 Å². The van der Waals surface area contributed by atoms with Gasteiger partial charge in [-0.3, -0.25) is 0 Å². The number of halogens is 1. The molecule has 0 unspecified atom stereocenters. The van der Waals surface area contributed by atoms with Gasteiger partial charge in [-0.25, -0.2) is 0 Å². The lowest BCUT2D eigenvalue weighted by molar-refractivity contribution is 0.441. The summed E-state index contributed by atoms with van der Waals surface area (Å²) < 4.78 is 6.19. The Bertz CT molecular complexity index is 725. The van der Waals surface area contributed by atoms with E-state index in [2.05, 4.69) is 38.0 Å². The minimum Gasteiger partial charge on any atom is -0.424 e. The number of rotatable bonds is 3. The number of aromatic nitrogens is 2. The molecule has 3 rings (SSSR count). The first kappa shape index (κ1) is 13.6. The molecule has 0 saturated carbocycles. The standard InChI is InChI=1S/C16H12BrN3O/c17-14-10-15(18)20-16(19-14)21-13-8-6-12(7-9-13)11-4-2-1-3-5-11/h1-10H,(H2,18,19,20). The third kappa shape index (κ3) is 3.38. The largest absolute Gasteiger partial charge is 0.424 e. The van der Waals surface area contributed by atoms with Crippen LogP contribution in [-0.4, -0.2) is 9.97 Å². The number of nitrogens with two attached hydrogens (primary N) is 1. The first-order valence-electron chi connectivity index (χ1n) is 6.34. The fourth-order valence-electron chi connectivity index (χ4n) is 1.91. The Kier molecular flexibility index (Phi) is 3.83. The zero-order valence-electron chi connectivity index (χ0n) is 11.0. The summed E-state index contributed by atoms with van der Waals surface area (Å²) in [6, 6.07) is 19.7. The lowest BCUT2D eigenvalue weighted by Crippen LogP contribution is -1.96. The summed E-state index contributed by atoms with van der Waals surface area (Å²) in [6.45, 7) is 0. The molecular formula is C16H12BrN3O. The molecule has 3 aromatic rings. The normalized spacial score (nSPS) is 10.3. The average molecular weight is 342 g/mol. The SMILES string of the molecule is Nc1cc(Br)nc(Oc2ccc(-c3ccccc3)cc2)n1. The monoisotopic (exact) mass is 341 g/mol. The quantitative estimate of drug-likeness (QED) is 0.722. The Morgan fingerprint density at radius 2 is 1.52 bits per heavy atom. The van der Waals surface area contributed by atoms with Gasteiger partial charge in [-0.1, -0.05) is 42.5 Å².